The molecule has 2 aromatic carbocycles. The number of hydrogen-bond donors (Lipinski definition) is 3. The minimum atomic E-state index is -3.13. The van der Waals surface area contributed by atoms with Gasteiger partial charge in [-0.25, -0.2) is 8.42 Å². The SMILES string of the molecule is COc1cc2c(c(OC)c1OC)-c1ccc(NCC(=O)NC3CCS(=O)(=O)C3)c(=O)cc1C(NC(C)=O)CC2. The Labute approximate surface area is 227 Å². The zero-order valence-corrected chi connectivity index (χ0v) is 23.2. The number of hydrogen-bond acceptors (Lipinski definition) is 9. The summed E-state index contributed by atoms with van der Waals surface area (Å²) in [6.45, 7) is 1.22. The molecule has 11 nitrogen and oxygen atoms in total. The molecule has 1 fully saturated rings. The fourth-order valence-electron chi connectivity index (χ4n) is 5.22. The minimum absolute atomic E-state index is 0.0488. The number of aryl methyl sites for hydroxylation is 1. The van der Waals surface area contributed by atoms with Crippen LogP contribution in [0, 0.1) is 0 Å². The van der Waals surface area contributed by atoms with Gasteiger partial charge in [0.25, 0.3) is 0 Å². The first-order chi connectivity index (χ1) is 18.6. The van der Waals surface area contributed by atoms with Crippen LogP contribution in [0.25, 0.3) is 11.1 Å². The van der Waals surface area contributed by atoms with Crippen LogP contribution in [-0.2, 0) is 25.8 Å². The Bertz CT molecular complexity index is 1460. The maximum absolute atomic E-state index is 13.3. The molecule has 2 aliphatic rings. The van der Waals surface area contributed by atoms with Crippen molar-refractivity contribution >= 4 is 27.3 Å². The maximum atomic E-state index is 13.3. The van der Waals surface area contributed by atoms with E-state index in [1.54, 1.807) is 12.1 Å². The molecule has 2 aromatic rings. The average Bonchev–Trinajstić information content (AvgIpc) is 3.05. The fraction of sp³-hybridized carbons (Fsp3) is 0.444. The number of nitrogens with one attached hydrogen (secondary N) is 3. The zero-order chi connectivity index (χ0) is 28.3. The van der Waals surface area contributed by atoms with Crippen LogP contribution in [0.2, 0.25) is 0 Å². The highest BCUT2D eigenvalue weighted by Gasteiger charge is 2.30. The number of benzene rings is 1. The van der Waals surface area contributed by atoms with Gasteiger partial charge in [-0.1, -0.05) is 6.07 Å². The van der Waals surface area contributed by atoms with E-state index in [4.69, 9.17) is 14.2 Å². The van der Waals surface area contributed by atoms with Gasteiger partial charge in [0.15, 0.2) is 21.3 Å². The first-order valence-corrected chi connectivity index (χ1v) is 14.4. The highest BCUT2D eigenvalue weighted by atomic mass is 32.2. The van der Waals surface area contributed by atoms with Crippen molar-refractivity contribution in [2.24, 2.45) is 0 Å². The number of amides is 2. The number of fused-ring (bicyclic) bond motifs is 3. The summed E-state index contributed by atoms with van der Waals surface area (Å²) < 4.78 is 40.3. The van der Waals surface area contributed by atoms with Crippen molar-refractivity contribution in [3.63, 3.8) is 0 Å². The van der Waals surface area contributed by atoms with Crippen LogP contribution in [0.15, 0.2) is 29.1 Å². The van der Waals surface area contributed by atoms with Gasteiger partial charge in [-0.2, -0.15) is 0 Å². The van der Waals surface area contributed by atoms with Gasteiger partial charge in [0.2, 0.25) is 23.0 Å². The number of sulfone groups is 1. The van der Waals surface area contributed by atoms with E-state index in [1.165, 1.54) is 34.3 Å². The summed E-state index contributed by atoms with van der Waals surface area (Å²) in [6.07, 6.45) is 1.47. The van der Waals surface area contributed by atoms with Crippen molar-refractivity contribution in [2.75, 3.05) is 44.7 Å². The van der Waals surface area contributed by atoms with Gasteiger partial charge >= 0.3 is 0 Å². The molecule has 0 radical (unpaired) electrons. The topological polar surface area (TPSA) is 149 Å². The number of anilines is 1. The quantitative estimate of drug-likeness (QED) is 0.438. The average molecular weight is 560 g/mol. The van der Waals surface area contributed by atoms with Crippen LogP contribution in [0.3, 0.4) is 0 Å². The Morgan fingerprint density at radius 3 is 2.36 bits per heavy atom. The molecule has 1 aliphatic carbocycles. The molecule has 210 valence electrons. The smallest absolute Gasteiger partial charge is 0.239 e. The van der Waals surface area contributed by atoms with E-state index in [0.717, 1.165) is 11.1 Å². The van der Waals surface area contributed by atoms with Crippen LogP contribution in [-0.4, -0.2) is 65.7 Å². The lowest BCUT2D eigenvalue weighted by Gasteiger charge is -2.19. The van der Waals surface area contributed by atoms with E-state index in [0.29, 0.717) is 47.6 Å². The van der Waals surface area contributed by atoms with Gasteiger partial charge in [-0.05, 0) is 54.2 Å². The highest BCUT2D eigenvalue weighted by Crippen LogP contribution is 2.50. The molecule has 4 rings (SSSR count). The first-order valence-electron chi connectivity index (χ1n) is 12.6. The first kappa shape index (κ1) is 28.2. The predicted molar refractivity (Wildman–Crippen MR) is 146 cm³/mol. The fourth-order valence-corrected chi connectivity index (χ4v) is 6.89. The number of rotatable bonds is 8. The van der Waals surface area contributed by atoms with Crippen LogP contribution < -0.4 is 35.6 Å². The summed E-state index contributed by atoms with van der Waals surface area (Å²) in [4.78, 5) is 37.8. The Morgan fingerprint density at radius 1 is 1.00 bits per heavy atom. The second-order valence-electron chi connectivity index (χ2n) is 9.62. The number of ether oxygens (including phenoxy) is 3. The standard InChI is InChI=1S/C27H33N3O8S/c1-15(31)29-20-7-5-16-11-23(36-2)26(37-3)27(38-4)25(16)18-6-8-21(22(32)12-19(18)20)28-13-24(33)30-17-9-10-39(34,35)14-17/h6,8,11-12,17,20H,5,7,9-10,13-14H2,1-4H3,(H,28,32)(H,29,31)(H,30,33). The molecule has 1 saturated heterocycles. The Morgan fingerprint density at radius 2 is 1.74 bits per heavy atom. The molecule has 0 bridgehead atoms. The summed E-state index contributed by atoms with van der Waals surface area (Å²) in [6, 6.07) is 5.79. The third-order valence-corrected chi connectivity index (χ3v) is 8.72. The lowest BCUT2D eigenvalue weighted by Crippen LogP contribution is -2.39. The van der Waals surface area contributed by atoms with E-state index >= 15 is 0 Å². The third kappa shape index (κ3) is 6.11. The Hall–Kier alpha value is -3.80. The second kappa shape index (κ2) is 11.5. The van der Waals surface area contributed by atoms with Crippen molar-refractivity contribution in [2.45, 2.75) is 38.3 Å². The molecule has 2 unspecified atom stereocenters. The van der Waals surface area contributed by atoms with Crippen molar-refractivity contribution in [1.29, 1.82) is 0 Å². The molecule has 39 heavy (non-hydrogen) atoms. The lowest BCUT2D eigenvalue weighted by molar-refractivity contribution is -0.120. The van der Waals surface area contributed by atoms with Crippen LogP contribution >= 0.6 is 0 Å². The summed E-state index contributed by atoms with van der Waals surface area (Å²) >= 11 is 0. The predicted octanol–water partition coefficient (Wildman–Crippen LogP) is 1.58. The Kier molecular flexibility index (Phi) is 8.34. The van der Waals surface area contributed by atoms with Crippen molar-refractivity contribution in [3.05, 3.63) is 45.6 Å². The van der Waals surface area contributed by atoms with Crippen molar-refractivity contribution < 1.29 is 32.2 Å². The van der Waals surface area contributed by atoms with E-state index in [9.17, 15) is 22.8 Å². The molecule has 0 saturated carbocycles. The molecule has 2 atom stereocenters. The van der Waals surface area contributed by atoms with Gasteiger partial charge in [0.1, 0.15) is 0 Å². The maximum Gasteiger partial charge on any atom is 0.239 e. The molecular formula is C27H33N3O8S. The molecule has 3 N–H and O–H groups in total. The van der Waals surface area contributed by atoms with Gasteiger partial charge in [0, 0.05) is 18.5 Å². The lowest BCUT2D eigenvalue weighted by atomic mass is 9.95. The van der Waals surface area contributed by atoms with E-state index in [-0.39, 0.29) is 35.1 Å². The molecule has 1 aliphatic heterocycles. The largest absolute Gasteiger partial charge is 0.493 e. The van der Waals surface area contributed by atoms with Gasteiger partial charge in [-0.3, -0.25) is 14.4 Å². The van der Waals surface area contributed by atoms with Gasteiger partial charge in [0.05, 0.1) is 51.1 Å². The summed E-state index contributed by atoms with van der Waals surface area (Å²) in [5, 5.41) is 8.53. The number of carbonyl (C=O) groups is 2. The molecule has 2 amide bonds. The van der Waals surface area contributed by atoms with Crippen molar-refractivity contribution in [1.82, 2.24) is 10.6 Å². The van der Waals surface area contributed by atoms with Gasteiger partial charge in [-0.15, -0.1) is 0 Å². The zero-order valence-electron chi connectivity index (χ0n) is 22.4. The second-order valence-corrected chi connectivity index (χ2v) is 11.8. The molecular weight excluding hydrogens is 526 g/mol. The van der Waals surface area contributed by atoms with Crippen LogP contribution in [0.4, 0.5) is 5.69 Å². The molecule has 12 heteroatoms. The molecule has 0 aromatic heterocycles. The van der Waals surface area contributed by atoms with E-state index < -0.39 is 27.8 Å². The molecule has 0 spiro atoms. The van der Waals surface area contributed by atoms with Gasteiger partial charge < -0.3 is 30.2 Å². The summed E-state index contributed by atoms with van der Waals surface area (Å²) in [5.74, 6) is 0.662. The van der Waals surface area contributed by atoms with Crippen LogP contribution in [0.5, 0.6) is 17.2 Å². The van der Waals surface area contributed by atoms with E-state index in [2.05, 4.69) is 16.0 Å². The Balaban J connectivity index is 1.74. The van der Waals surface area contributed by atoms with E-state index in [1.807, 2.05) is 6.07 Å². The minimum Gasteiger partial charge on any atom is -0.493 e. The third-order valence-electron chi connectivity index (χ3n) is 6.95. The summed E-state index contributed by atoms with van der Waals surface area (Å²) in [7, 11) is 1.44. The number of carbonyl (C=O) groups excluding carboxylic acids is 2. The normalized spacial score (nSPS) is 19.1. The van der Waals surface area contributed by atoms with Crippen LogP contribution in [0.1, 0.15) is 36.9 Å². The van der Waals surface area contributed by atoms with Crippen molar-refractivity contribution in [3.8, 4) is 28.4 Å². The highest BCUT2D eigenvalue weighted by molar-refractivity contribution is 7.91. The summed E-state index contributed by atoms with van der Waals surface area (Å²) in [5.41, 5.74) is 2.71. The monoisotopic (exact) mass is 559 g/mol. The number of methoxy groups -OCH3 is 3. The molecule has 1 heterocycles.